The summed E-state index contributed by atoms with van der Waals surface area (Å²) < 4.78 is 1.38. The lowest BCUT2D eigenvalue weighted by atomic mass is 10.1. The molecule has 4 rings (SSSR count). The van der Waals surface area contributed by atoms with Gasteiger partial charge in [0.1, 0.15) is 0 Å². The van der Waals surface area contributed by atoms with Crippen molar-refractivity contribution in [2.24, 2.45) is 0 Å². The topological polar surface area (TPSA) is 70.4 Å². The minimum absolute atomic E-state index is 0.239. The first-order valence-electron chi connectivity index (χ1n) is 7.79. The molecule has 5 nitrogen and oxygen atoms in total. The molecule has 0 saturated heterocycles. The Bertz CT molecular complexity index is 1070. The van der Waals surface area contributed by atoms with E-state index in [4.69, 9.17) is 0 Å². The highest BCUT2D eigenvalue weighted by molar-refractivity contribution is 7.99. The number of fused-ring (bicyclic) bond motifs is 1. The fourth-order valence-electron chi connectivity index (χ4n) is 2.65. The number of aromatic amines is 1. The Kier molecular flexibility index (Phi) is 4.13. The number of aliphatic hydroxyl groups excluding tert-OH is 1. The van der Waals surface area contributed by atoms with Crippen LogP contribution < -0.4 is 5.56 Å². The number of nitrogens with one attached hydrogen (secondary N) is 1. The number of rotatable bonds is 4. The summed E-state index contributed by atoms with van der Waals surface area (Å²) in [6.45, 7) is -0.261. The molecular formula is C19H15N3O2S. The summed E-state index contributed by atoms with van der Waals surface area (Å²) in [6.07, 6.45) is 1.75. The van der Waals surface area contributed by atoms with Crippen LogP contribution in [0.1, 0.15) is 5.69 Å². The molecule has 0 spiro atoms. The number of hydrogen-bond acceptors (Lipinski definition) is 4. The van der Waals surface area contributed by atoms with Gasteiger partial charge < -0.3 is 5.11 Å². The second kappa shape index (κ2) is 6.58. The van der Waals surface area contributed by atoms with Crippen LogP contribution in [0, 0.1) is 0 Å². The van der Waals surface area contributed by atoms with E-state index < -0.39 is 0 Å². The molecule has 0 aliphatic heterocycles. The maximum Gasteiger partial charge on any atom is 0.272 e. The van der Waals surface area contributed by atoms with E-state index in [-0.39, 0.29) is 12.2 Å². The lowest BCUT2D eigenvalue weighted by Gasteiger charge is -2.04. The van der Waals surface area contributed by atoms with E-state index in [9.17, 15) is 9.90 Å². The number of H-pyrrole nitrogens is 1. The van der Waals surface area contributed by atoms with Crippen molar-refractivity contribution in [1.82, 2.24) is 14.6 Å². The van der Waals surface area contributed by atoms with Crippen molar-refractivity contribution in [3.8, 4) is 11.1 Å². The van der Waals surface area contributed by atoms with Gasteiger partial charge >= 0.3 is 0 Å². The van der Waals surface area contributed by atoms with E-state index >= 15 is 0 Å². The minimum Gasteiger partial charge on any atom is -0.390 e. The zero-order chi connectivity index (χ0) is 17.2. The fourth-order valence-corrected chi connectivity index (χ4v) is 3.49. The first kappa shape index (κ1) is 15.7. The SMILES string of the molecule is O=c1cc(CO)nc2c(-c3ccc(Sc4ccccc4)cc3)c[nH]n12. The number of aromatic nitrogens is 3. The van der Waals surface area contributed by atoms with Gasteiger partial charge in [0.15, 0.2) is 5.65 Å². The van der Waals surface area contributed by atoms with Crippen LogP contribution in [0.2, 0.25) is 0 Å². The third-order valence-electron chi connectivity index (χ3n) is 3.86. The largest absolute Gasteiger partial charge is 0.390 e. The second-order valence-electron chi connectivity index (χ2n) is 5.53. The Morgan fingerprint density at radius 2 is 1.76 bits per heavy atom. The van der Waals surface area contributed by atoms with Crippen molar-refractivity contribution < 1.29 is 5.11 Å². The van der Waals surface area contributed by atoms with E-state index in [0.29, 0.717) is 11.3 Å². The average molecular weight is 349 g/mol. The third kappa shape index (κ3) is 3.09. The zero-order valence-electron chi connectivity index (χ0n) is 13.2. The molecule has 0 aliphatic rings. The molecule has 25 heavy (non-hydrogen) atoms. The summed E-state index contributed by atoms with van der Waals surface area (Å²) in [6, 6.07) is 19.6. The first-order valence-corrected chi connectivity index (χ1v) is 8.60. The van der Waals surface area contributed by atoms with Gasteiger partial charge in [-0.05, 0) is 29.8 Å². The van der Waals surface area contributed by atoms with E-state index in [2.05, 4.69) is 22.2 Å². The van der Waals surface area contributed by atoms with Gasteiger partial charge in [-0.2, -0.15) is 0 Å². The van der Waals surface area contributed by atoms with Crippen molar-refractivity contribution in [2.45, 2.75) is 16.4 Å². The lowest BCUT2D eigenvalue weighted by Crippen LogP contribution is -2.15. The van der Waals surface area contributed by atoms with E-state index in [0.717, 1.165) is 16.0 Å². The molecule has 0 unspecified atom stereocenters. The molecule has 0 aliphatic carbocycles. The molecule has 2 N–H and O–H groups in total. The molecular weight excluding hydrogens is 334 g/mol. The van der Waals surface area contributed by atoms with Gasteiger partial charge in [0, 0.05) is 27.6 Å². The molecule has 0 fully saturated rings. The Balaban J connectivity index is 1.69. The van der Waals surface area contributed by atoms with Crippen LogP contribution in [0.3, 0.4) is 0 Å². The van der Waals surface area contributed by atoms with E-state index in [1.54, 1.807) is 18.0 Å². The summed E-state index contributed by atoms with van der Waals surface area (Å²) in [4.78, 5) is 18.7. The Morgan fingerprint density at radius 3 is 2.48 bits per heavy atom. The van der Waals surface area contributed by atoms with E-state index in [1.165, 1.54) is 15.5 Å². The number of nitrogens with zero attached hydrogens (tertiary/aromatic N) is 2. The van der Waals surface area contributed by atoms with Crippen LogP contribution in [-0.2, 0) is 6.61 Å². The summed E-state index contributed by atoms with van der Waals surface area (Å²) in [7, 11) is 0. The number of benzene rings is 2. The third-order valence-corrected chi connectivity index (χ3v) is 4.87. The second-order valence-corrected chi connectivity index (χ2v) is 6.68. The maximum atomic E-state index is 12.0. The summed E-state index contributed by atoms with van der Waals surface area (Å²) in [5, 5.41) is 12.2. The lowest BCUT2D eigenvalue weighted by molar-refractivity contribution is 0.277. The molecule has 2 aromatic carbocycles. The quantitative estimate of drug-likeness (QED) is 0.593. The van der Waals surface area contributed by atoms with E-state index in [1.807, 2.05) is 42.5 Å². The number of aliphatic hydroxyl groups is 1. The highest BCUT2D eigenvalue weighted by Crippen LogP contribution is 2.30. The molecule has 0 saturated carbocycles. The van der Waals surface area contributed by atoms with Gasteiger partial charge in [-0.3, -0.25) is 9.89 Å². The van der Waals surface area contributed by atoms with Crippen LogP contribution >= 0.6 is 11.8 Å². The van der Waals surface area contributed by atoms with Crippen molar-refractivity contribution >= 4 is 17.4 Å². The van der Waals surface area contributed by atoms with Crippen molar-refractivity contribution in [2.75, 3.05) is 0 Å². The Labute approximate surface area is 148 Å². The van der Waals surface area contributed by atoms with Gasteiger partial charge in [-0.1, -0.05) is 42.1 Å². The van der Waals surface area contributed by atoms with Crippen molar-refractivity contribution in [1.29, 1.82) is 0 Å². The van der Waals surface area contributed by atoms with Gasteiger partial charge in [0.25, 0.3) is 5.56 Å². The van der Waals surface area contributed by atoms with Gasteiger partial charge in [-0.15, -0.1) is 0 Å². The summed E-state index contributed by atoms with van der Waals surface area (Å²) in [5.74, 6) is 0. The summed E-state index contributed by atoms with van der Waals surface area (Å²) >= 11 is 1.69. The minimum atomic E-state index is -0.261. The van der Waals surface area contributed by atoms with Gasteiger partial charge in [0.2, 0.25) is 0 Å². The van der Waals surface area contributed by atoms with Crippen LogP contribution in [0.4, 0.5) is 0 Å². The van der Waals surface area contributed by atoms with Crippen molar-refractivity contribution in [3.63, 3.8) is 0 Å². The van der Waals surface area contributed by atoms with Crippen molar-refractivity contribution in [3.05, 3.63) is 82.9 Å². The molecule has 0 radical (unpaired) electrons. The van der Waals surface area contributed by atoms with Crippen LogP contribution in [0.15, 0.2) is 81.4 Å². The molecule has 2 aromatic heterocycles. The Hall–Kier alpha value is -2.83. The average Bonchev–Trinajstić information content (AvgIpc) is 3.08. The molecule has 0 atom stereocenters. The predicted octanol–water partition coefficient (Wildman–Crippen LogP) is 3.33. The first-order chi connectivity index (χ1) is 12.2. The molecule has 4 aromatic rings. The molecule has 124 valence electrons. The van der Waals surface area contributed by atoms with Crippen LogP contribution in [0.5, 0.6) is 0 Å². The predicted molar refractivity (Wildman–Crippen MR) is 97.7 cm³/mol. The number of hydrogen-bond donors (Lipinski definition) is 2. The standard InChI is InChI=1S/C19H15N3O2S/c23-12-14-10-18(24)22-19(21-14)17(11-20-22)13-6-8-16(9-7-13)25-15-4-2-1-3-5-15/h1-11,20,23H,12H2. The maximum absolute atomic E-state index is 12.0. The molecule has 6 heteroatoms. The van der Waals surface area contributed by atoms with Gasteiger partial charge in [-0.25, -0.2) is 9.50 Å². The zero-order valence-corrected chi connectivity index (χ0v) is 14.0. The molecule has 0 bridgehead atoms. The monoisotopic (exact) mass is 349 g/mol. The fraction of sp³-hybridized carbons (Fsp3) is 0.0526. The Morgan fingerprint density at radius 1 is 1.04 bits per heavy atom. The van der Waals surface area contributed by atoms with Crippen LogP contribution in [0.25, 0.3) is 16.8 Å². The smallest absolute Gasteiger partial charge is 0.272 e. The highest BCUT2D eigenvalue weighted by Gasteiger charge is 2.10. The normalized spacial score (nSPS) is 11.1. The molecule has 2 heterocycles. The van der Waals surface area contributed by atoms with Gasteiger partial charge in [0.05, 0.1) is 12.3 Å². The summed E-state index contributed by atoms with van der Waals surface area (Å²) in [5.41, 5.74) is 2.42. The molecule has 0 amide bonds. The highest BCUT2D eigenvalue weighted by atomic mass is 32.2. The van der Waals surface area contributed by atoms with Crippen LogP contribution in [-0.4, -0.2) is 19.7 Å².